The molecule has 0 atom stereocenters. The molecular weight excluding hydrogens is 807 g/mol. The Morgan fingerprint density at radius 3 is 2.30 bits per heavy atom. The molecule has 50 heavy (non-hydrogen) atoms. The van der Waals surface area contributed by atoms with E-state index in [0.717, 1.165) is 33.2 Å². The van der Waals surface area contributed by atoms with Crippen LogP contribution < -0.4 is 5.19 Å². The van der Waals surface area contributed by atoms with E-state index >= 15 is 0 Å². The Labute approximate surface area is 319 Å². The zero-order valence-electron chi connectivity index (χ0n) is 34.9. The minimum absolute atomic E-state index is 0. The second-order valence-corrected chi connectivity index (χ2v) is 18.3. The Kier molecular flexibility index (Phi) is 9.01. The van der Waals surface area contributed by atoms with Gasteiger partial charge < -0.3 is 14.4 Å². The van der Waals surface area contributed by atoms with Crippen molar-refractivity contribution in [2.45, 2.75) is 59.5 Å². The van der Waals surface area contributed by atoms with Crippen LogP contribution in [0.1, 0.15) is 61.3 Å². The molecule has 0 saturated carbocycles. The molecule has 0 N–H and O–H groups in total. The summed E-state index contributed by atoms with van der Waals surface area (Å²) in [7, 11) is -1.61. The SMILES string of the molecule is [2H]C([2H])([2H])c1c[c-]c(-c2cc(C([2H])(C)C)c([Si](C)(C)C)cn2)cc1.[2H]C([2H])(c1ccc(C)cc1)c1ccnc(-c2[c-]cc3oc4cccc(C#N)c4c3c2)c1.[Ir]. The Morgan fingerprint density at radius 1 is 0.880 bits per heavy atom. The number of aryl methyl sites for hydroxylation is 2. The van der Waals surface area contributed by atoms with Crippen molar-refractivity contribution in [1.29, 1.82) is 5.26 Å². The Morgan fingerprint density at radius 2 is 1.62 bits per heavy atom. The Bertz CT molecular complexity index is 2550. The molecular formula is C44H41IrN3OSi-2. The molecule has 253 valence electrons. The number of hydrogen-bond donors (Lipinski definition) is 0. The van der Waals surface area contributed by atoms with Gasteiger partial charge in [0.15, 0.2) is 0 Å². The normalized spacial score (nSPS) is 13.7. The van der Waals surface area contributed by atoms with Crippen LogP contribution in [0, 0.1) is 37.2 Å². The largest absolute Gasteiger partial charge is 0.500 e. The summed E-state index contributed by atoms with van der Waals surface area (Å²) < 4.78 is 54.0. The fourth-order valence-corrected chi connectivity index (χ4v) is 7.25. The van der Waals surface area contributed by atoms with Crippen molar-refractivity contribution in [3.63, 3.8) is 0 Å². The predicted octanol–water partition coefficient (Wildman–Crippen LogP) is 10.7. The number of furan rings is 1. The van der Waals surface area contributed by atoms with Crippen LogP contribution in [-0.4, -0.2) is 18.0 Å². The second-order valence-electron chi connectivity index (χ2n) is 13.3. The molecule has 6 heteroatoms. The first-order valence-corrected chi connectivity index (χ1v) is 19.6. The molecule has 0 aliphatic rings. The van der Waals surface area contributed by atoms with Crippen molar-refractivity contribution in [1.82, 2.24) is 9.97 Å². The van der Waals surface area contributed by atoms with Crippen LogP contribution in [0.15, 0.2) is 108 Å². The summed E-state index contributed by atoms with van der Waals surface area (Å²) in [6.45, 7) is 10.4. The van der Waals surface area contributed by atoms with Gasteiger partial charge in [0, 0.05) is 46.1 Å². The van der Waals surface area contributed by atoms with Gasteiger partial charge >= 0.3 is 0 Å². The third-order valence-corrected chi connectivity index (χ3v) is 10.3. The predicted molar refractivity (Wildman–Crippen MR) is 205 cm³/mol. The molecule has 0 bridgehead atoms. The van der Waals surface area contributed by atoms with Gasteiger partial charge in [0.05, 0.1) is 25.3 Å². The fraction of sp³-hybridized carbons (Fsp3) is 0.205. The van der Waals surface area contributed by atoms with E-state index in [1.54, 1.807) is 48.7 Å². The van der Waals surface area contributed by atoms with Crippen molar-refractivity contribution in [2.24, 2.45) is 0 Å². The van der Waals surface area contributed by atoms with Crippen molar-refractivity contribution >= 4 is 35.2 Å². The maximum Gasteiger partial charge on any atom is 0.122 e. The van der Waals surface area contributed by atoms with Gasteiger partial charge in [0.1, 0.15) is 5.58 Å². The first kappa shape index (κ1) is 29.1. The molecule has 3 aromatic heterocycles. The fourth-order valence-electron chi connectivity index (χ4n) is 5.67. The number of benzene rings is 4. The van der Waals surface area contributed by atoms with E-state index in [9.17, 15) is 5.26 Å². The number of pyridine rings is 2. The summed E-state index contributed by atoms with van der Waals surface area (Å²) in [4.78, 5) is 9.01. The zero-order valence-corrected chi connectivity index (χ0v) is 32.3. The number of rotatable bonds is 6. The summed E-state index contributed by atoms with van der Waals surface area (Å²) >= 11 is 0. The molecule has 7 rings (SSSR count). The monoisotopic (exact) mass is 854 g/mol. The molecule has 0 fully saturated rings. The summed E-state index contributed by atoms with van der Waals surface area (Å²) in [6.07, 6.45) is 1.84. The van der Waals surface area contributed by atoms with Gasteiger partial charge in [-0.1, -0.05) is 99.3 Å². The van der Waals surface area contributed by atoms with Crippen LogP contribution in [0.5, 0.6) is 0 Å². The van der Waals surface area contributed by atoms with Crippen LogP contribution in [0.25, 0.3) is 44.5 Å². The quantitative estimate of drug-likeness (QED) is 0.123. The van der Waals surface area contributed by atoms with E-state index in [1.807, 2.05) is 69.4 Å². The van der Waals surface area contributed by atoms with Crippen LogP contribution in [-0.2, 0) is 26.5 Å². The van der Waals surface area contributed by atoms with Gasteiger partial charge in [-0.05, 0) is 65.1 Å². The maximum absolute atomic E-state index is 9.50. The molecule has 0 saturated heterocycles. The van der Waals surface area contributed by atoms with Gasteiger partial charge in [-0.25, -0.2) is 0 Å². The molecule has 1 radical (unpaired) electrons. The van der Waals surface area contributed by atoms with E-state index < -0.39 is 27.2 Å². The molecule has 0 spiro atoms. The first-order valence-electron chi connectivity index (χ1n) is 19.1. The second kappa shape index (κ2) is 15.5. The Balaban J connectivity index is 0.000000218. The summed E-state index contributed by atoms with van der Waals surface area (Å²) in [5.74, 6) is -0.716. The van der Waals surface area contributed by atoms with Gasteiger partial charge in [-0.3, -0.25) is 0 Å². The number of hydrogen-bond acceptors (Lipinski definition) is 4. The summed E-state index contributed by atoms with van der Waals surface area (Å²) in [5, 5.41) is 12.3. The molecule has 0 unspecified atom stereocenters. The molecule has 4 nitrogen and oxygen atoms in total. The van der Waals surface area contributed by atoms with Gasteiger partial charge in [0.2, 0.25) is 0 Å². The van der Waals surface area contributed by atoms with Crippen LogP contribution >= 0.6 is 0 Å². The van der Waals surface area contributed by atoms with Crippen molar-refractivity contribution in [3.8, 4) is 28.6 Å². The van der Waals surface area contributed by atoms with Crippen molar-refractivity contribution in [3.05, 3.63) is 149 Å². The molecule has 0 aliphatic heterocycles. The number of aromatic nitrogens is 2. The summed E-state index contributed by atoms with van der Waals surface area (Å²) in [6, 6.07) is 35.2. The van der Waals surface area contributed by atoms with Gasteiger partial charge in [-0.2, -0.15) is 5.26 Å². The van der Waals surface area contributed by atoms with E-state index in [1.165, 1.54) is 11.3 Å². The third-order valence-electron chi connectivity index (χ3n) is 8.26. The molecule has 0 aliphatic carbocycles. The number of nitriles is 1. The first-order chi connectivity index (χ1) is 25.8. The summed E-state index contributed by atoms with van der Waals surface area (Å²) in [5.41, 5.74) is 8.09. The smallest absolute Gasteiger partial charge is 0.122 e. The molecule has 0 amide bonds. The Hall–Kier alpha value is -4.66. The standard InChI is InChI=1S/C26H17N2O.C18H24NSi.Ir/c1-17-5-7-18(8-6-17)13-19-11-12-28-23(14-19)20-9-10-24-22(15-20)26-21(16-27)3-2-4-25(26)29-24;1-13(2)16-11-17(15-9-7-14(3)8-10-15)19-12-18(16)20(4,5)6;/h2-8,10-12,14-15H,13H2,1H3;7-9,11-13H,1-6H3;/q2*-1;/i13D2;3D3,13D;. The number of fused-ring (bicyclic) bond motifs is 3. The molecule has 3 heterocycles. The third kappa shape index (κ3) is 8.20. The van der Waals surface area contributed by atoms with Gasteiger partial charge in [-0.15, -0.1) is 59.2 Å². The minimum Gasteiger partial charge on any atom is -0.500 e. The average molecular weight is 854 g/mol. The van der Waals surface area contributed by atoms with Crippen molar-refractivity contribution < 1.29 is 32.7 Å². The number of nitrogens with zero attached hydrogens (tertiary/aromatic N) is 3. The van der Waals surface area contributed by atoms with Crippen LogP contribution in [0.4, 0.5) is 0 Å². The average Bonchev–Trinajstić information content (AvgIpc) is 3.52. The van der Waals surface area contributed by atoms with Gasteiger partial charge in [0.25, 0.3) is 0 Å². The van der Waals surface area contributed by atoms with E-state index in [-0.39, 0.29) is 25.7 Å². The van der Waals surface area contributed by atoms with Crippen LogP contribution in [0.3, 0.4) is 0 Å². The molecule has 4 aromatic carbocycles. The molecule has 7 aromatic rings. The maximum atomic E-state index is 9.50. The van der Waals surface area contributed by atoms with Crippen LogP contribution in [0.2, 0.25) is 19.6 Å². The zero-order chi connectivity index (χ0) is 39.9. The minimum atomic E-state index is -2.13. The van der Waals surface area contributed by atoms with E-state index in [0.29, 0.717) is 39.1 Å². The van der Waals surface area contributed by atoms with E-state index in [4.69, 9.17) is 12.6 Å². The topological polar surface area (TPSA) is 62.7 Å². The van der Waals surface area contributed by atoms with Crippen molar-refractivity contribution in [2.75, 3.05) is 0 Å². The van der Waals surface area contributed by atoms with E-state index in [2.05, 4.69) is 47.8 Å².